The van der Waals surface area contributed by atoms with Gasteiger partial charge in [-0.05, 0) is 48.4 Å². The van der Waals surface area contributed by atoms with Crippen molar-refractivity contribution in [1.29, 1.82) is 0 Å². The normalized spacial score (nSPS) is 10.8. The van der Waals surface area contributed by atoms with Crippen LogP contribution in [0.2, 0.25) is 5.02 Å². The van der Waals surface area contributed by atoms with Crippen molar-refractivity contribution in [2.24, 2.45) is 0 Å². The van der Waals surface area contributed by atoms with Crippen LogP contribution in [0.15, 0.2) is 48.5 Å². The molecule has 0 amide bonds. The van der Waals surface area contributed by atoms with Crippen LogP contribution in [-0.4, -0.2) is 4.98 Å². The molecular weight excluding hydrogens is 256 g/mol. The van der Waals surface area contributed by atoms with Crippen LogP contribution in [0.3, 0.4) is 0 Å². The minimum absolute atomic E-state index is 0.585. The molecule has 2 N–H and O–H groups in total. The van der Waals surface area contributed by atoms with Gasteiger partial charge in [0.25, 0.3) is 0 Å². The predicted octanol–water partition coefficient (Wildman–Crippen LogP) is 4.45. The van der Waals surface area contributed by atoms with E-state index in [0.717, 1.165) is 27.7 Å². The number of fused-ring (bicyclic) bond motifs is 1. The molecule has 0 aliphatic carbocycles. The maximum Gasteiger partial charge on any atom is 0.0705 e. The highest BCUT2D eigenvalue weighted by atomic mass is 35.5. The summed E-state index contributed by atoms with van der Waals surface area (Å²) in [5.74, 6) is 0. The molecule has 0 saturated heterocycles. The van der Waals surface area contributed by atoms with Crippen molar-refractivity contribution >= 4 is 28.2 Å². The van der Waals surface area contributed by atoms with E-state index >= 15 is 0 Å². The lowest BCUT2D eigenvalue weighted by atomic mass is 10.0. The average Bonchev–Trinajstić information content (AvgIpc) is 2.41. The van der Waals surface area contributed by atoms with Crippen LogP contribution in [-0.2, 0) is 0 Å². The van der Waals surface area contributed by atoms with E-state index in [0.29, 0.717) is 10.7 Å². The molecule has 1 heterocycles. The molecule has 0 unspecified atom stereocenters. The minimum atomic E-state index is 0.585. The molecule has 0 atom stereocenters. The Bertz CT molecular complexity index is 766. The number of nitrogen functional groups attached to an aromatic ring is 1. The maximum absolute atomic E-state index is 5.95. The molecule has 0 fully saturated rings. The Kier molecular flexibility index (Phi) is 2.88. The van der Waals surface area contributed by atoms with Crippen LogP contribution >= 0.6 is 11.6 Å². The first-order chi connectivity index (χ1) is 9.13. The van der Waals surface area contributed by atoms with Crippen molar-refractivity contribution < 1.29 is 0 Å². The smallest absolute Gasteiger partial charge is 0.0705 e. The monoisotopic (exact) mass is 268 g/mol. The third kappa shape index (κ3) is 2.27. The largest absolute Gasteiger partial charge is 0.398 e. The van der Waals surface area contributed by atoms with E-state index in [1.165, 1.54) is 0 Å². The molecule has 3 rings (SSSR count). The number of nitrogens with zero attached hydrogens (tertiary/aromatic N) is 1. The number of aryl methyl sites for hydroxylation is 1. The topological polar surface area (TPSA) is 38.9 Å². The lowest BCUT2D eigenvalue weighted by Crippen LogP contribution is -1.88. The van der Waals surface area contributed by atoms with Gasteiger partial charge in [0.05, 0.1) is 16.2 Å². The SMILES string of the molecule is Cc1ccc2cc(-c3ccc(Cl)c(N)c3)ccc2n1. The third-order valence-corrected chi connectivity index (χ3v) is 3.50. The van der Waals surface area contributed by atoms with Gasteiger partial charge >= 0.3 is 0 Å². The van der Waals surface area contributed by atoms with E-state index < -0.39 is 0 Å². The van der Waals surface area contributed by atoms with Crippen molar-refractivity contribution in [2.45, 2.75) is 6.92 Å². The van der Waals surface area contributed by atoms with Gasteiger partial charge in [0.1, 0.15) is 0 Å². The van der Waals surface area contributed by atoms with Gasteiger partial charge in [-0.3, -0.25) is 4.98 Å². The number of rotatable bonds is 1. The lowest BCUT2D eigenvalue weighted by Gasteiger charge is -2.06. The molecule has 0 radical (unpaired) electrons. The van der Waals surface area contributed by atoms with Crippen molar-refractivity contribution in [3.63, 3.8) is 0 Å². The van der Waals surface area contributed by atoms with Crippen LogP contribution in [0.1, 0.15) is 5.69 Å². The fourth-order valence-electron chi connectivity index (χ4n) is 2.13. The van der Waals surface area contributed by atoms with Crippen molar-refractivity contribution in [1.82, 2.24) is 4.98 Å². The Balaban J connectivity index is 2.14. The highest BCUT2D eigenvalue weighted by molar-refractivity contribution is 6.33. The van der Waals surface area contributed by atoms with E-state index in [1.807, 2.05) is 37.3 Å². The van der Waals surface area contributed by atoms with E-state index in [4.69, 9.17) is 17.3 Å². The van der Waals surface area contributed by atoms with Gasteiger partial charge in [-0.15, -0.1) is 0 Å². The summed E-state index contributed by atoms with van der Waals surface area (Å²) in [7, 11) is 0. The quantitative estimate of drug-likeness (QED) is 0.663. The number of nitrogens with two attached hydrogens (primary N) is 1. The predicted molar refractivity (Wildman–Crippen MR) is 81.3 cm³/mol. The lowest BCUT2D eigenvalue weighted by molar-refractivity contribution is 1.26. The fraction of sp³-hybridized carbons (Fsp3) is 0.0625. The van der Waals surface area contributed by atoms with Crippen LogP contribution in [0, 0.1) is 6.92 Å². The molecule has 94 valence electrons. The molecule has 0 aliphatic rings. The maximum atomic E-state index is 5.95. The van der Waals surface area contributed by atoms with Crippen LogP contribution in [0.5, 0.6) is 0 Å². The number of pyridine rings is 1. The second-order valence-electron chi connectivity index (χ2n) is 4.60. The number of halogens is 1. The van der Waals surface area contributed by atoms with Gasteiger partial charge in [0.2, 0.25) is 0 Å². The van der Waals surface area contributed by atoms with Gasteiger partial charge in [-0.1, -0.05) is 29.8 Å². The Hall–Kier alpha value is -2.06. The summed E-state index contributed by atoms with van der Waals surface area (Å²) in [5.41, 5.74) is 10.6. The summed E-state index contributed by atoms with van der Waals surface area (Å²) in [4.78, 5) is 4.50. The Morgan fingerprint density at radius 1 is 0.947 bits per heavy atom. The zero-order chi connectivity index (χ0) is 13.4. The molecule has 19 heavy (non-hydrogen) atoms. The second-order valence-corrected chi connectivity index (χ2v) is 5.00. The summed E-state index contributed by atoms with van der Waals surface area (Å²) >= 11 is 5.95. The van der Waals surface area contributed by atoms with E-state index in [2.05, 4.69) is 23.2 Å². The third-order valence-electron chi connectivity index (χ3n) is 3.16. The molecule has 2 nitrogen and oxygen atoms in total. The molecule has 3 heteroatoms. The van der Waals surface area contributed by atoms with Crippen molar-refractivity contribution in [2.75, 3.05) is 5.73 Å². The number of benzene rings is 2. The fourth-order valence-corrected chi connectivity index (χ4v) is 2.25. The van der Waals surface area contributed by atoms with Gasteiger partial charge < -0.3 is 5.73 Å². The van der Waals surface area contributed by atoms with E-state index in [-0.39, 0.29) is 0 Å². The summed E-state index contributed by atoms with van der Waals surface area (Å²) in [5, 5.41) is 1.71. The molecule has 3 aromatic rings. The number of hydrogen-bond donors (Lipinski definition) is 1. The summed E-state index contributed by atoms with van der Waals surface area (Å²) < 4.78 is 0. The van der Waals surface area contributed by atoms with E-state index in [9.17, 15) is 0 Å². The van der Waals surface area contributed by atoms with Gasteiger partial charge in [0.15, 0.2) is 0 Å². The zero-order valence-electron chi connectivity index (χ0n) is 10.5. The molecule has 0 saturated carbocycles. The van der Waals surface area contributed by atoms with Crippen LogP contribution < -0.4 is 5.73 Å². The average molecular weight is 269 g/mol. The molecule has 0 spiro atoms. The second kappa shape index (κ2) is 4.56. The molecule has 1 aromatic heterocycles. The van der Waals surface area contributed by atoms with Crippen LogP contribution in [0.25, 0.3) is 22.0 Å². The number of aromatic nitrogens is 1. The summed E-state index contributed by atoms with van der Waals surface area (Å²) in [6.07, 6.45) is 0. The molecule has 0 bridgehead atoms. The van der Waals surface area contributed by atoms with Crippen molar-refractivity contribution in [3.05, 3.63) is 59.2 Å². The minimum Gasteiger partial charge on any atom is -0.398 e. The van der Waals surface area contributed by atoms with Crippen molar-refractivity contribution in [3.8, 4) is 11.1 Å². The highest BCUT2D eigenvalue weighted by Crippen LogP contribution is 2.28. The molecular formula is C16H13ClN2. The van der Waals surface area contributed by atoms with Gasteiger partial charge in [-0.2, -0.15) is 0 Å². The number of hydrogen-bond acceptors (Lipinski definition) is 2. The highest BCUT2D eigenvalue weighted by Gasteiger charge is 2.03. The molecule has 0 aliphatic heterocycles. The summed E-state index contributed by atoms with van der Waals surface area (Å²) in [6.45, 7) is 1.99. The van der Waals surface area contributed by atoms with Gasteiger partial charge in [-0.25, -0.2) is 0 Å². The Morgan fingerprint density at radius 2 is 1.68 bits per heavy atom. The summed E-state index contributed by atoms with van der Waals surface area (Å²) in [6, 6.07) is 16.0. The standard InChI is InChI=1S/C16H13ClN2/c1-10-2-3-13-8-11(5-7-16(13)19-10)12-4-6-14(17)15(18)9-12/h2-9H,18H2,1H3. The molecule has 2 aromatic carbocycles. The number of anilines is 1. The zero-order valence-corrected chi connectivity index (χ0v) is 11.3. The Morgan fingerprint density at radius 3 is 2.47 bits per heavy atom. The van der Waals surface area contributed by atoms with Crippen LogP contribution in [0.4, 0.5) is 5.69 Å². The van der Waals surface area contributed by atoms with Gasteiger partial charge in [0, 0.05) is 11.1 Å². The first kappa shape index (κ1) is 12.0. The van der Waals surface area contributed by atoms with E-state index in [1.54, 1.807) is 0 Å². The first-order valence-corrected chi connectivity index (χ1v) is 6.44. The Labute approximate surface area is 116 Å². The first-order valence-electron chi connectivity index (χ1n) is 6.06.